The molecule has 0 spiro atoms. The fraction of sp³-hybridized carbons (Fsp3) is 0. The third-order valence-corrected chi connectivity index (χ3v) is 0. The average Bonchev–Trinajstić information content (AvgIpc) is 0.722. The van der Waals surface area contributed by atoms with Crippen LogP contribution >= 0.6 is 7.82 Å². The quantitative estimate of drug-likeness (QED) is 0.321. The van der Waals surface area contributed by atoms with Crippen LogP contribution in [-0.4, -0.2) is 23.1 Å². The van der Waals surface area contributed by atoms with Gasteiger partial charge in [0.15, 0.2) is 0 Å². The molecule has 0 radical (unpaired) electrons. The van der Waals surface area contributed by atoms with Gasteiger partial charge in [-0.15, -0.1) is 0 Å². The van der Waals surface area contributed by atoms with E-state index < -0.39 is 7.82 Å². The van der Waals surface area contributed by atoms with Crippen LogP contribution in [0.2, 0.25) is 0 Å². The largest absolute Gasteiger partial charge is 2.00 e. The van der Waals surface area contributed by atoms with E-state index in [0.717, 1.165) is 0 Å². The molecular formula is MgO4PPd+. The van der Waals surface area contributed by atoms with Crippen LogP contribution in [0.3, 0.4) is 0 Å². The topological polar surface area (TPSA) is 86.2 Å². The standard InChI is InChI=1S/Mg.H3O4P.Pd/c;1-5(2,3)4;/h;(H3,1,2,3,4);/q+2;;+2/p-3. The monoisotopic (exact) mass is 225 g/mol. The van der Waals surface area contributed by atoms with Gasteiger partial charge in [0.1, 0.15) is 0 Å². The summed E-state index contributed by atoms with van der Waals surface area (Å²) >= 11 is 0. The second-order valence-electron chi connectivity index (χ2n) is 0.447. The summed E-state index contributed by atoms with van der Waals surface area (Å²) in [7, 11) is -5.39. The molecule has 0 amide bonds. The van der Waals surface area contributed by atoms with Crippen LogP contribution in [0.15, 0.2) is 0 Å². The van der Waals surface area contributed by atoms with Crippen LogP contribution in [0.5, 0.6) is 0 Å². The first-order valence-electron chi connectivity index (χ1n) is 0.730. The summed E-state index contributed by atoms with van der Waals surface area (Å²) in [6.07, 6.45) is 0. The molecule has 0 aliphatic heterocycles. The van der Waals surface area contributed by atoms with Crippen molar-refractivity contribution >= 4 is 30.9 Å². The smallest absolute Gasteiger partial charge is 0.822 e. The third-order valence-electron chi connectivity index (χ3n) is 0. The van der Waals surface area contributed by atoms with Gasteiger partial charge in [-0.1, -0.05) is 0 Å². The number of hydrogen-bond acceptors (Lipinski definition) is 4. The molecule has 7 heteroatoms. The average molecular weight is 226 g/mol. The first kappa shape index (κ1) is 15.8. The van der Waals surface area contributed by atoms with E-state index in [1.54, 1.807) is 0 Å². The first-order chi connectivity index (χ1) is 2.00. The molecular weight excluding hydrogens is 226 g/mol. The van der Waals surface area contributed by atoms with Crippen molar-refractivity contribution in [3.05, 3.63) is 0 Å². The van der Waals surface area contributed by atoms with Gasteiger partial charge in [0.2, 0.25) is 0 Å². The van der Waals surface area contributed by atoms with Crippen molar-refractivity contribution in [2.45, 2.75) is 0 Å². The molecule has 0 saturated heterocycles. The maximum absolute atomic E-state index is 8.55. The molecule has 0 aromatic heterocycles. The van der Waals surface area contributed by atoms with Crippen LogP contribution in [0.1, 0.15) is 0 Å². The second kappa shape index (κ2) is 5.67. The Balaban J connectivity index is -0.0000000800. The summed E-state index contributed by atoms with van der Waals surface area (Å²) in [5.41, 5.74) is 0. The van der Waals surface area contributed by atoms with Gasteiger partial charge < -0.3 is 19.2 Å². The summed E-state index contributed by atoms with van der Waals surface area (Å²) in [5.74, 6) is 0. The van der Waals surface area contributed by atoms with Gasteiger partial charge in [0.25, 0.3) is 0 Å². The van der Waals surface area contributed by atoms with E-state index in [2.05, 4.69) is 0 Å². The fourth-order valence-corrected chi connectivity index (χ4v) is 0. The summed E-state index contributed by atoms with van der Waals surface area (Å²) in [6, 6.07) is 0. The summed E-state index contributed by atoms with van der Waals surface area (Å²) in [5, 5.41) is 0. The molecule has 0 rings (SSSR count). The van der Waals surface area contributed by atoms with Gasteiger partial charge >= 0.3 is 43.5 Å². The van der Waals surface area contributed by atoms with Crippen molar-refractivity contribution < 1.29 is 39.7 Å². The Hall–Kier alpha value is 1.54. The number of hydrogen-bond donors (Lipinski definition) is 0. The zero-order valence-electron chi connectivity index (χ0n) is 3.10. The van der Waals surface area contributed by atoms with Gasteiger partial charge in [-0.05, 0) is 0 Å². The van der Waals surface area contributed by atoms with E-state index in [1.165, 1.54) is 0 Å². The Kier molecular flexibility index (Phi) is 12.8. The van der Waals surface area contributed by atoms with Gasteiger partial charge in [0, 0.05) is 0 Å². The Morgan fingerprint density at radius 3 is 1.14 bits per heavy atom. The molecule has 0 aliphatic rings. The second-order valence-corrected chi connectivity index (χ2v) is 1.34. The van der Waals surface area contributed by atoms with Crippen LogP contribution < -0.4 is 14.7 Å². The number of phosphoric acid groups is 1. The molecule has 0 aromatic carbocycles. The predicted octanol–water partition coefficient (Wildman–Crippen LogP) is -3.21. The minimum atomic E-state index is -5.39. The van der Waals surface area contributed by atoms with Crippen LogP contribution in [-0.2, 0) is 25.0 Å². The van der Waals surface area contributed by atoms with Crippen molar-refractivity contribution in [3.63, 3.8) is 0 Å². The number of rotatable bonds is 0. The van der Waals surface area contributed by atoms with E-state index >= 15 is 0 Å². The van der Waals surface area contributed by atoms with E-state index in [-0.39, 0.29) is 43.5 Å². The molecule has 0 N–H and O–H groups in total. The Bertz CT molecular complexity index is 57.8. The van der Waals surface area contributed by atoms with Crippen LogP contribution in [0.25, 0.3) is 0 Å². The van der Waals surface area contributed by atoms with Crippen LogP contribution in [0, 0.1) is 0 Å². The van der Waals surface area contributed by atoms with E-state index in [9.17, 15) is 0 Å². The molecule has 0 heterocycles. The van der Waals surface area contributed by atoms with Gasteiger partial charge in [-0.2, -0.15) is 7.82 Å². The zero-order valence-corrected chi connectivity index (χ0v) is 6.97. The minimum absolute atomic E-state index is 0. The molecule has 0 aromatic rings. The molecule has 0 bridgehead atoms. The van der Waals surface area contributed by atoms with Gasteiger partial charge in [0.05, 0.1) is 0 Å². The zero-order chi connectivity index (χ0) is 4.50. The molecule has 0 unspecified atom stereocenters. The first-order valence-corrected chi connectivity index (χ1v) is 2.19. The maximum atomic E-state index is 8.55. The van der Waals surface area contributed by atoms with Crippen molar-refractivity contribution in [1.82, 2.24) is 0 Å². The minimum Gasteiger partial charge on any atom is -0.822 e. The molecule has 0 aliphatic carbocycles. The van der Waals surface area contributed by atoms with Gasteiger partial charge in [-0.25, -0.2) is 0 Å². The van der Waals surface area contributed by atoms with E-state index in [1.807, 2.05) is 0 Å². The Morgan fingerprint density at radius 1 is 1.14 bits per heavy atom. The molecule has 0 fully saturated rings. The fourth-order valence-electron chi connectivity index (χ4n) is 0. The Labute approximate surface area is 70.4 Å². The van der Waals surface area contributed by atoms with Crippen molar-refractivity contribution in [2.24, 2.45) is 0 Å². The summed E-state index contributed by atoms with van der Waals surface area (Å²) < 4.78 is 8.55. The van der Waals surface area contributed by atoms with Crippen LogP contribution in [0.4, 0.5) is 0 Å². The van der Waals surface area contributed by atoms with Crippen molar-refractivity contribution in [2.75, 3.05) is 0 Å². The summed E-state index contributed by atoms with van der Waals surface area (Å²) in [6.45, 7) is 0. The molecule has 40 valence electrons. The molecule has 4 nitrogen and oxygen atoms in total. The third kappa shape index (κ3) is 97.7. The van der Waals surface area contributed by atoms with E-state index in [4.69, 9.17) is 19.2 Å². The Morgan fingerprint density at radius 2 is 1.14 bits per heavy atom. The normalized spacial score (nSPS) is 8.43. The van der Waals surface area contributed by atoms with Crippen molar-refractivity contribution in [1.29, 1.82) is 0 Å². The SMILES string of the molecule is O=P([O-])([O-])[O-].[Mg+2].[Pd+2]. The molecule has 0 atom stereocenters. The molecule has 7 heavy (non-hydrogen) atoms. The van der Waals surface area contributed by atoms with Gasteiger partial charge in [-0.3, -0.25) is 0 Å². The maximum Gasteiger partial charge on any atom is 2.00 e. The summed E-state index contributed by atoms with van der Waals surface area (Å²) in [4.78, 5) is 25.6. The van der Waals surface area contributed by atoms with Crippen molar-refractivity contribution in [3.8, 4) is 0 Å². The molecule has 0 saturated carbocycles. The predicted molar refractivity (Wildman–Crippen MR) is 13.4 cm³/mol. The van der Waals surface area contributed by atoms with E-state index in [0.29, 0.717) is 0 Å².